The standard InChI is InChI=1S/C18H15N3O3S/c1-3-10-20-15-9-8-14(21(23)24)11-16(15)25-18(20)19-17(22)13-6-4-12(2)5-7-13/h3-9,11H,1,10H2,2H3. The van der Waals surface area contributed by atoms with Crippen LogP contribution in [-0.4, -0.2) is 15.4 Å². The van der Waals surface area contributed by atoms with Crippen molar-refractivity contribution in [2.45, 2.75) is 13.5 Å². The number of nitrogens with zero attached hydrogens (tertiary/aromatic N) is 3. The van der Waals surface area contributed by atoms with Crippen molar-refractivity contribution in [2.24, 2.45) is 4.99 Å². The van der Waals surface area contributed by atoms with Crippen molar-refractivity contribution < 1.29 is 9.72 Å². The zero-order valence-corrected chi connectivity index (χ0v) is 14.3. The van der Waals surface area contributed by atoms with Gasteiger partial charge in [-0.25, -0.2) is 0 Å². The summed E-state index contributed by atoms with van der Waals surface area (Å²) >= 11 is 1.24. The van der Waals surface area contributed by atoms with Crippen molar-refractivity contribution in [3.8, 4) is 0 Å². The minimum atomic E-state index is -0.439. The number of allylic oxidation sites excluding steroid dienone is 1. The number of carbonyl (C=O) groups is 1. The van der Waals surface area contributed by atoms with Gasteiger partial charge in [-0.3, -0.25) is 14.9 Å². The van der Waals surface area contributed by atoms with Crippen LogP contribution in [0.25, 0.3) is 10.2 Å². The normalized spacial score (nSPS) is 11.6. The number of aromatic nitrogens is 1. The highest BCUT2D eigenvalue weighted by atomic mass is 32.1. The Morgan fingerprint density at radius 1 is 1.32 bits per heavy atom. The molecule has 0 atom stereocenters. The Morgan fingerprint density at radius 2 is 2.04 bits per heavy atom. The number of nitro benzene ring substituents is 1. The Labute approximate surface area is 147 Å². The third-order valence-electron chi connectivity index (χ3n) is 3.68. The fourth-order valence-electron chi connectivity index (χ4n) is 2.41. The number of hydrogen-bond donors (Lipinski definition) is 0. The van der Waals surface area contributed by atoms with Crippen molar-refractivity contribution in [1.29, 1.82) is 0 Å². The number of thiazole rings is 1. The highest BCUT2D eigenvalue weighted by Gasteiger charge is 2.12. The van der Waals surface area contributed by atoms with Crippen LogP contribution in [-0.2, 0) is 6.54 Å². The van der Waals surface area contributed by atoms with Crippen LogP contribution in [0.1, 0.15) is 15.9 Å². The van der Waals surface area contributed by atoms with Gasteiger partial charge in [0.2, 0.25) is 0 Å². The lowest BCUT2D eigenvalue weighted by atomic mass is 10.1. The summed E-state index contributed by atoms with van der Waals surface area (Å²) in [5.74, 6) is -0.348. The van der Waals surface area contributed by atoms with E-state index in [4.69, 9.17) is 0 Å². The van der Waals surface area contributed by atoms with Crippen LogP contribution in [0.15, 0.2) is 60.1 Å². The van der Waals surface area contributed by atoms with E-state index in [2.05, 4.69) is 11.6 Å². The molecule has 0 saturated carbocycles. The van der Waals surface area contributed by atoms with Gasteiger partial charge in [0, 0.05) is 24.2 Å². The van der Waals surface area contributed by atoms with Crippen LogP contribution in [0.3, 0.4) is 0 Å². The molecule has 0 bridgehead atoms. The maximum absolute atomic E-state index is 12.4. The van der Waals surface area contributed by atoms with Crippen LogP contribution in [0, 0.1) is 17.0 Å². The fourth-order valence-corrected chi connectivity index (χ4v) is 3.48. The second kappa shape index (κ2) is 6.82. The highest BCUT2D eigenvalue weighted by Crippen LogP contribution is 2.23. The molecule has 0 spiro atoms. The number of carbonyl (C=O) groups excluding carboxylic acids is 1. The van der Waals surface area contributed by atoms with Gasteiger partial charge >= 0.3 is 0 Å². The molecule has 0 aliphatic rings. The predicted octanol–water partition coefficient (Wildman–Crippen LogP) is 3.85. The van der Waals surface area contributed by atoms with Crippen molar-refractivity contribution >= 4 is 33.1 Å². The molecule has 6 nitrogen and oxygen atoms in total. The summed E-state index contributed by atoms with van der Waals surface area (Å²) in [5, 5.41) is 11.0. The first kappa shape index (κ1) is 16.8. The van der Waals surface area contributed by atoms with E-state index in [0.717, 1.165) is 11.1 Å². The lowest BCUT2D eigenvalue weighted by molar-refractivity contribution is -0.384. The molecule has 0 unspecified atom stereocenters. The van der Waals surface area contributed by atoms with Gasteiger partial charge in [-0.05, 0) is 25.1 Å². The molecule has 0 aliphatic carbocycles. The maximum Gasteiger partial charge on any atom is 0.279 e. The highest BCUT2D eigenvalue weighted by molar-refractivity contribution is 7.16. The number of nitro groups is 1. The van der Waals surface area contributed by atoms with Crippen LogP contribution >= 0.6 is 11.3 Å². The molecule has 7 heteroatoms. The average Bonchev–Trinajstić information content (AvgIpc) is 2.92. The first-order valence-electron chi connectivity index (χ1n) is 7.54. The molecule has 25 heavy (non-hydrogen) atoms. The maximum atomic E-state index is 12.4. The summed E-state index contributed by atoms with van der Waals surface area (Å²) in [7, 11) is 0. The predicted molar refractivity (Wildman–Crippen MR) is 97.7 cm³/mol. The van der Waals surface area contributed by atoms with E-state index in [0.29, 0.717) is 21.6 Å². The van der Waals surface area contributed by atoms with Crippen LogP contribution in [0.5, 0.6) is 0 Å². The summed E-state index contributed by atoms with van der Waals surface area (Å²) in [6, 6.07) is 11.8. The number of aryl methyl sites for hydroxylation is 1. The molecule has 3 aromatic rings. The number of benzene rings is 2. The summed E-state index contributed by atoms with van der Waals surface area (Å²) in [4.78, 5) is 27.7. The monoisotopic (exact) mass is 353 g/mol. The number of hydrogen-bond acceptors (Lipinski definition) is 4. The van der Waals surface area contributed by atoms with Gasteiger partial charge in [-0.15, -0.1) is 6.58 Å². The molecule has 0 aliphatic heterocycles. The summed E-state index contributed by atoms with van der Waals surface area (Å²) < 4.78 is 2.52. The third-order valence-corrected chi connectivity index (χ3v) is 4.73. The van der Waals surface area contributed by atoms with Gasteiger partial charge in [0.05, 0.1) is 15.1 Å². The Morgan fingerprint density at radius 3 is 2.68 bits per heavy atom. The molecule has 0 radical (unpaired) electrons. The number of fused-ring (bicyclic) bond motifs is 1. The molecular formula is C18H15N3O3S. The fraction of sp³-hybridized carbons (Fsp3) is 0.111. The molecule has 0 N–H and O–H groups in total. The smallest absolute Gasteiger partial charge is 0.279 e. The zero-order valence-electron chi connectivity index (χ0n) is 13.5. The molecule has 0 saturated heterocycles. The average molecular weight is 353 g/mol. The topological polar surface area (TPSA) is 77.5 Å². The Bertz CT molecular complexity index is 1050. The Balaban J connectivity index is 2.14. The summed E-state index contributed by atoms with van der Waals surface area (Å²) in [5.41, 5.74) is 2.36. The second-order valence-electron chi connectivity index (χ2n) is 5.48. The van der Waals surface area contributed by atoms with Crippen LogP contribution in [0.4, 0.5) is 5.69 Å². The Hall–Kier alpha value is -3.06. The van der Waals surface area contributed by atoms with E-state index in [1.807, 2.05) is 23.6 Å². The van der Waals surface area contributed by atoms with E-state index >= 15 is 0 Å². The first-order chi connectivity index (χ1) is 12.0. The van der Waals surface area contributed by atoms with Gasteiger partial charge in [-0.2, -0.15) is 4.99 Å². The number of amides is 1. The molecule has 0 fully saturated rings. The summed E-state index contributed by atoms with van der Waals surface area (Å²) in [6.07, 6.45) is 1.70. The van der Waals surface area contributed by atoms with Crippen molar-refractivity contribution in [1.82, 2.24) is 4.57 Å². The molecule has 1 aromatic heterocycles. The van der Waals surface area contributed by atoms with Gasteiger partial charge in [0.15, 0.2) is 4.80 Å². The summed E-state index contributed by atoms with van der Waals surface area (Å²) in [6.45, 7) is 6.13. The van der Waals surface area contributed by atoms with Gasteiger partial charge in [-0.1, -0.05) is 35.1 Å². The number of rotatable bonds is 4. The molecular weight excluding hydrogens is 338 g/mol. The second-order valence-corrected chi connectivity index (χ2v) is 6.49. The zero-order chi connectivity index (χ0) is 18.0. The molecule has 1 heterocycles. The van der Waals surface area contributed by atoms with Crippen LogP contribution in [0.2, 0.25) is 0 Å². The lowest BCUT2D eigenvalue weighted by Crippen LogP contribution is -2.16. The molecule has 126 valence electrons. The lowest BCUT2D eigenvalue weighted by Gasteiger charge is -2.01. The van der Waals surface area contributed by atoms with Crippen LogP contribution < -0.4 is 4.80 Å². The Kier molecular flexibility index (Phi) is 4.58. The van der Waals surface area contributed by atoms with Crippen molar-refractivity contribution in [2.75, 3.05) is 0 Å². The quantitative estimate of drug-likeness (QED) is 0.406. The first-order valence-corrected chi connectivity index (χ1v) is 8.35. The molecule has 2 aromatic carbocycles. The van der Waals surface area contributed by atoms with Crippen molar-refractivity contribution in [3.63, 3.8) is 0 Å². The number of non-ortho nitro benzene ring substituents is 1. The van der Waals surface area contributed by atoms with E-state index in [1.54, 1.807) is 24.3 Å². The SMILES string of the molecule is C=CCn1c(=NC(=O)c2ccc(C)cc2)sc2cc([N+](=O)[O-])ccc21. The van der Waals surface area contributed by atoms with E-state index in [1.165, 1.54) is 23.5 Å². The van der Waals surface area contributed by atoms with Crippen molar-refractivity contribution in [3.05, 3.63) is 81.2 Å². The largest absolute Gasteiger partial charge is 0.312 e. The van der Waals surface area contributed by atoms with Gasteiger partial charge < -0.3 is 4.57 Å². The van der Waals surface area contributed by atoms with E-state index in [9.17, 15) is 14.9 Å². The molecule has 1 amide bonds. The van der Waals surface area contributed by atoms with E-state index in [-0.39, 0.29) is 11.6 Å². The van der Waals surface area contributed by atoms with Gasteiger partial charge in [0.25, 0.3) is 11.6 Å². The van der Waals surface area contributed by atoms with E-state index < -0.39 is 4.92 Å². The third kappa shape index (κ3) is 3.41. The van der Waals surface area contributed by atoms with Gasteiger partial charge in [0.1, 0.15) is 0 Å². The molecule has 3 rings (SSSR count). The minimum Gasteiger partial charge on any atom is -0.312 e. The minimum absolute atomic E-state index is 0.0101.